The van der Waals surface area contributed by atoms with Crippen molar-refractivity contribution in [2.45, 2.75) is 26.2 Å². The summed E-state index contributed by atoms with van der Waals surface area (Å²) >= 11 is 0. The Morgan fingerprint density at radius 3 is 2.26 bits per heavy atom. The SMILES string of the molecule is CC(C)(C)c1ccnc(-c2[c-]ccc(-c3ccccc3)c2)c1.[Ir].[c-]1cccc2c1c1nccc3oc4cccc2c4c31. The molecule has 0 aliphatic heterocycles. The minimum absolute atomic E-state index is 0. The van der Waals surface area contributed by atoms with Gasteiger partial charge in [-0.2, -0.15) is 0 Å². The van der Waals surface area contributed by atoms with Gasteiger partial charge in [-0.25, -0.2) is 0 Å². The molecule has 207 valence electrons. The number of fused-ring (bicyclic) bond motifs is 3. The minimum Gasteiger partial charge on any atom is -0.457 e. The smallest absolute Gasteiger partial charge is 0.134 e. The topological polar surface area (TPSA) is 38.9 Å². The maximum atomic E-state index is 5.93. The van der Waals surface area contributed by atoms with E-state index >= 15 is 0 Å². The van der Waals surface area contributed by atoms with Crippen LogP contribution in [0.1, 0.15) is 26.3 Å². The maximum absolute atomic E-state index is 5.93. The first kappa shape index (κ1) is 27.8. The fraction of sp³-hybridized carbons (Fsp3) is 0.105. The number of rotatable bonds is 2. The monoisotopic (exact) mass is 721 g/mol. The van der Waals surface area contributed by atoms with E-state index in [0.717, 1.165) is 38.7 Å². The maximum Gasteiger partial charge on any atom is 0.134 e. The van der Waals surface area contributed by atoms with Crippen LogP contribution in [0.25, 0.3) is 66.0 Å². The zero-order valence-electron chi connectivity index (χ0n) is 23.6. The van der Waals surface area contributed by atoms with Gasteiger partial charge in [0.2, 0.25) is 0 Å². The number of furan rings is 1. The van der Waals surface area contributed by atoms with Crippen molar-refractivity contribution in [3.8, 4) is 22.4 Å². The van der Waals surface area contributed by atoms with Gasteiger partial charge in [-0.15, -0.1) is 65.0 Å². The van der Waals surface area contributed by atoms with Gasteiger partial charge < -0.3 is 14.4 Å². The van der Waals surface area contributed by atoms with Gasteiger partial charge in [0, 0.05) is 48.8 Å². The number of hydrogen-bond acceptors (Lipinski definition) is 3. The molecular formula is C38H28IrN2O-2. The second kappa shape index (κ2) is 11.1. The average molecular weight is 721 g/mol. The third-order valence-electron chi connectivity index (χ3n) is 7.60. The molecule has 0 aliphatic carbocycles. The van der Waals surface area contributed by atoms with E-state index in [4.69, 9.17) is 4.42 Å². The van der Waals surface area contributed by atoms with Crippen molar-refractivity contribution < 1.29 is 24.5 Å². The number of nitrogens with zero attached hydrogens (tertiary/aromatic N) is 2. The van der Waals surface area contributed by atoms with Gasteiger partial charge in [0.25, 0.3) is 0 Å². The van der Waals surface area contributed by atoms with Crippen LogP contribution < -0.4 is 0 Å². The van der Waals surface area contributed by atoms with E-state index in [1.165, 1.54) is 32.8 Å². The first-order valence-corrected chi connectivity index (χ1v) is 13.8. The van der Waals surface area contributed by atoms with Crippen LogP contribution in [-0.2, 0) is 25.5 Å². The Morgan fingerprint density at radius 1 is 0.643 bits per heavy atom. The van der Waals surface area contributed by atoms with Crippen LogP contribution in [0.3, 0.4) is 0 Å². The molecule has 1 radical (unpaired) electrons. The minimum atomic E-state index is 0. The predicted octanol–water partition coefficient (Wildman–Crippen LogP) is 10.0. The molecule has 0 bridgehead atoms. The zero-order chi connectivity index (χ0) is 28.0. The molecule has 5 aromatic carbocycles. The molecule has 0 fully saturated rings. The van der Waals surface area contributed by atoms with Gasteiger partial charge in [-0.05, 0) is 45.8 Å². The number of pyridine rings is 2. The number of hydrogen-bond donors (Lipinski definition) is 0. The summed E-state index contributed by atoms with van der Waals surface area (Å²) in [5.41, 5.74) is 8.63. The molecule has 0 unspecified atom stereocenters. The van der Waals surface area contributed by atoms with Crippen molar-refractivity contribution in [1.82, 2.24) is 9.97 Å². The van der Waals surface area contributed by atoms with Crippen LogP contribution in [0.2, 0.25) is 0 Å². The molecule has 0 saturated heterocycles. The van der Waals surface area contributed by atoms with Gasteiger partial charge in [0.15, 0.2) is 0 Å². The fourth-order valence-electron chi connectivity index (χ4n) is 5.50. The van der Waals surface area contributed by atoms with E-state index in [9.17, 15) is 0 Å². The molecule has 0 N–H and O–H groups in total. The van der Waals surface area contributed by atoms with Gasteiger partial charge in [0.05, 0.1) is 0 Å². The molecule has 0 spiro atoms. The molecule has 0 amide bonds. The first-order chi connectivity index (χ1) is 20.0. The summed E-state index contributed by atoms with van der Waals surface area (Å²) in [6.07, 6.45) is 3.69. The molecule has 0 atom stereocenters. The molecule has 3 heterocycles. The van der Waals surface area contributed by atoms with Crippen LogP contribution in [0, 0.1) is 12.1 Å². The fourth-order valence-corrected chi connectivity index (χ4v) is 5.50. The predicted molar refractivity (Wildman–Crippen MR) is 169 cm³/mol. The molecule has 3 nitrogen and oxygen atoms in total. The van der Waals surface area contributed by atoms with Gasteiger partial charge in [0.1, 0.15) is 11.2 Å². The van der Waals surface area contributed by atoms with Crippen molar-refractivity contribution in [2.24, 2.45) is 0 Å². The summed E-state index contributed by atoms with van der Waals surface area (Å²) in [5.74, 6) is 0. The summed E-state index contributed by atoms with van der Waals surface area (Å²) in [5, 5.41) is 5.75. The van der Waals surface area contributed by atoms with Crippen LogP contribution >= 0.6 is 0 Å². The van der Waals surface area contributed by atoms with Crippen molar-refractivity contribution >= 4 is 43.6 Å². The molecule has 3 aromatic heterocycles. The van der Waals surface area contributed by atoms with Crippen LogP contribution in [0.4, 0.5) is 0 Å². The van der Waals surface area contributed by atoms with E-state index in [-0.39, 0.29) is 25.5 Å². The van der Waals surface area contributed by atoms with Crippen LogP contribution in [0.5, 0.6) is 0 Å². The largest absolute Gasteiger partial charge is 0.457 e. The van der Waals surface area contributed by atoms with Crippen molar-refractivity contribution in [1.29, 1.82) is 0 Å². The van der Waals surface area contributed by atoms with Crippen molar-refractivity contribution in [3.05, 3.63) is 133 Å². The average Bonchev–Trinajstić information content (AvgIpc) is 3.41. The Bertz CT molecular complexity index is 2060. The molecule has 0 aliphatic rings. The van der Waals surface area contributed by atoms with E-state index < -0.39 is 0 Å². The number of aromatic nitrogens is 2. The van der Waals surface area contributed by atoms with E-state index in [1.54, 1.807) is 6.20 Å². The van der Waals surface area contributed by atoms with Gasteiger partial charge in [-0.1, -0.05) is 74.7 Å². The summed E-state index contributed by atoms with van der Waals surface area (Å²) in [4.78, 5) is 9.07. The van der Waals surface area contributed by atoms with Crippen molar-refractivity contribution in [2.75, 3.05) is 0 Å². The summed E-state index contributed by atoms with van der Waals surface area (Å²) in [7, 11) is 0. The molecule has 0 saturated carbocycles. The van der Waals surface area contributed by atoms with E-state index in [1.807, 2.05) is 48.7 Å². The zero-order valence-corrected chi connectivity index (χ0v) is 26.0. The van der Waals surface area contributed by atoms with E-state index in [0.29, 0.717) is 0 Å². The van der Waals surface area contributed by atoms with E-state index in [2.05, 4.69) is 104 Å². The van der Waals surface area contributed by atoms with Crippen molar-refractivity contribution in [3.63, 3.8) is 0 Å². The van der Waals surface area contributed by atoms with Crippen LogP contribution in [0.15, 0.2) is 120 Å². The normalized spacial score (nSPS) is 11.5. The molecule has 8 aromatic rings. The summed E-state index contributed by atoms with van der Waals surface area (Å²) in [6, 6.07) is 41.7. The van der Waals surface area contributed by atoms with Crippen LogP contribution in [-0.4, -0.2) is 9.97 Å². The third-order valence-corrected chi connectivity index (χ3v) is 7.60. The molecule has 42 heavy (non-hydrogen) atoms. The summed E-state index contributed by atoms with van der Waals surface area (Å²) < 4.78 is 5.93. The second-order valence-corrected chi connectivity index (χ2v) is 11.3. The standard InChI is InChI=1S/C21H20N.C17H8NO.Ir/c1-21(2,3)19-12-13-22-20(15-19)18-11-7-10-17(14-18)16-8-5-4-6-9-16;1-2-5-12-10(4-1)11-6-3-7-13-15(11)16-14(19-13)8-9-18-17(12)16;/h4-10,12-15H,1-3H3;1-4,6-9H;/q2*-1;. The Morgan fingerprint density at radius 2 is 1.43 bits per heavy atom. The Labute approximate surface area is 258 Å². The molecular weight excluding hydrogens is 693 g/mol. The molecule has 4 heteroatoms. The summed E-state index contributed by atoms with van der Waals surface area (Å²) in [6.45, 7) is 6.66. The molecule has 8 rings (SSSR count). The Balaban J connectivity index is 0.000000148. The quantitative estimate of drug-likeness (QED) is 0.132. The first-order valence-electron chi connectivity index (χ1n) is 13.8. The van der Waals surface area contributed by atoms with Gasteiger partial charge in [-0.3, -0.25) is 0 Å². The Kier molecular flexibility index (Phi) is 7.36. The second-order valence-electron chi connectivity index (χ2n) is 11.3. The van der Waals surface area contributed by atoms with Gasteiger partial charge >= 0.3 is 0 Å². The third kappa shape index (κ3) is 4.98. The number of benzene rings is 5. The Hall–Kier alpha value is -4.37.